The summed E-state index contributed by atoms with van der Waals surface area (Å²) < 4.78 is 0. The first-order valence-electron chi connectivity index (χ1n) is 2.96. The van der Waals surface area contributed by atoms with Crippen molar-refractivity contribution in [2.24, 2.45) is 5.73 Å². The molecule has 2 N–H and O–H groups in total. The molecule has 0 aliphatic carbocycles. The Balaban J connectivity index is 0. The van der Waals surface area contributed by atoms with Crippen LogP contribution >= 0.6 is 0 Å². The molecule has 0 aromatic carbocycles. The maximum Gasteiger partial charge on any atom is 0.0274 e. The van der Waals surface area contributed by atoms with Gasteiger partial charge in [-0.3, -0.25) is 0 Å². The Labute approximate surface area is 54.2 Å². The topological polar surface area (TPSA) is 26.0 Å². The van der Waals surface area contributed by atoms with E-state index >= 15 is 0 Å². The molecule has 0 amide bonds. The van der Waals surface area contributed by atoms with Crippen molar-refractivity contribution in [3.8, 4) is 0 Å². The second-order valence-electron chi connectivity index (χ2n) is 2.26. The van der Waals surface area contributed by atoms with Crippen LogP contribution in [0.2, 0.25) is 19.6 Å². The maximum absolute atomic E-state index is 4.91. The molecule has 0 atom stereocenters. The van der Waals surface area contributed by atoms with Gasteiger partial charge in [-0.05, 0) is 0 Å². The zero-order valence-electron chi connectivity index (χ0n) is 6.15. The summed E-state index contributed by atoms with van der Waals surface area (Å²) in [6, 6.07) is 0. The van der Waals surface area contributed by atoms with E-state index in [1.165, 1.54) is 0 Å². The highest BCUT2D eigenvalue weighted by molar-refractivity contribution is 6.54. The van der Waals surface area contributed by atoms with E-state index in [0.717, 1.165) is 0 Å². The molecule has 8 heavy (non-hydrogen) atoms. The van der Waals surface area contributed by atoms with Crippen molar-refractivity contribution in [3.63, 3.8) is 0 Å². The van der Waals surface area contributed by atoms with Gasteiger partial charge in [0.1, 0.15) is 0 Å². The van der Waals surface area contributed by atoms with Crippen LogP contribution in [0.3, 0.4) is 0 Å². The first kappa shape index (κ1) is 10.8. The van der Waals surface area contributed by atoms with Crippen LogP contribution in [0.5, 0.6) is 0 Å². The van der Waals surface area contributed by atoms with E-state index in [-0.39, 0.29) is 8.80 Å². The Kier molecular flexibility index (Phi) is 13.5. The molecule has 0 rings (SSSR count). The largest absolute Gasteiger partial charge is 0.327 e. The normalized spacial score (nSPS) is 7.62. The van der Waals surface area contributed by atoms with Crippen LogP contribution < -0.4 is 5.73 Å². The average molecular weight is 131 g/mol. The molecular weight excluding hydrogens is 114 g/mol. The number of hydrogen-bond donors (Lipinski definition) is 1. The van der Waals surface area contributed by atoms with Crippen LogP contribution in [-0.2, 0) is 0 Å². The Bertz CT molecular complexity index is 41.0. The van der Waals surface area contributed by atoms with Gasteiger partial charge in [0, 0.05) is 15.3 Å². The lowest BCUT2D eigenvalue weighted by atomic mass is 10.7. The Morgan fingerprint density at radius 3 is 1.62 bits per heavy atom. The van der Waals surface area contributed by atoms with Crippen molar-refractivity contribution in [2.45, 2.75) is 19.6 Å². The molecule has 0 aromatic rings. The van der Waals surface area contributed by atoms with Crippen molar-refractivity contribution in [1.82, 2.24) is 0 Å². The number of nitrogens with two attached hydrogens (primary N) is 1. The lowest BCUT2D eigenvalue weighted by Gasteiger charge is -1.75. The summed E-state index contributed by atoms with van der Waals surface area (Å²) in [6.45, 7) is 10.9. The number of rotatable bonds is 1. The highest BCUT2D eigenvalue weighted by Crippen LogP contribution is 1.68. The molecule has 1 nitrogen and oxygen atoms in total. The van der Waals surface area contributed by atoms with Crippen molar-refractivity contribution in [2.75, 3.05) is 6.54 Å². The second-order valence-corrected chi connectivity index (χ2v) is 5.72. The third kappa shape index (κ3) is 170. The molecular formula is C6H17NSi. The van der Waals surface area contributed by atoms with Crippen LogP contribution in [0.15, 0.2) is 12.7 Å². The van der Waals surface area contributed by atoms with Crippen LogP contribution in [0, 0.1) is 0 Å². The molecule has 0 aromatic heterocycles. The third-order valence-corrected chi connectivity index (χ3v) is 0.167. The van der Waals surface area contributed by atoms with Gasteiger partial charge >= 0.3 is 0 Å². The van der Waals surface area contributed by atoms with Crippen molar-refractivity contribution in [1.29, 1.82) is 0 Å². The fourth-order valence-electron chi connectivity index (χ4n) is 0. The Hall–Kier alpha value is -0.0831. The van der Waals surface area contributed by atoms with E-state index in [0.29, 0.717) is 6.54 Å². The fourth-order valence-corrected chi connectivity index (χ4v) is 0. The first-order valence-corrected chi connectivity index (χ1v) is 6.42. The predicted octanol–water partition coefficient (Wildman–Crippen LogP) is 1.23. The molecule has 0 saturated carbocycles. The minimum absolute atomic E-state index is 0.139. The smallest absolute Gasteiger partial charge is 0.0274 e. The van der Waals surface area contributed by atoms with Crippen LogP contribution in [-0.4, -0.2) is 15.3 Å². The third-order valence-electron chi connectivity index (χ3n) is 0.167. The summed E-state index contributed by atoms with van der Waals surface area (Å²) in [5.41, 5.74) is 4.91. The van der Waals surface area contributed by atoms with Gasteiger partial charge in [0.2, 0.25) is 0 Å². The lowest BCUT2D eigenvalue weighted by molar-refractivity contribution is 1.26. The zero-order chi connectivity index (χ0) is 6.99. The maximum atomic E-state index is 4.91. The van der Waals surface area contributed by atoms with Crippen molar-refractivity contribution >= 4 is 8.80 Å². The Morgan fingerprint density at radius 1 is 1.50 bits per heavy atom. The van der Waals surface area contributed by atoms with Crippen LogP contribution in [0.1, 0.15) is 0 Å². The molecule has 0 radical (unpaired) electrons. The fraction of sp³-hybridized carbons (Fsp3) is 0.667. The molecule has 0 unspecified atom stereocenters. The summed E-state index contributed by atoms with van der Waals surface area (Å²) in [5, 5.41) is 0. The Morgan fingerprint density at radius 2 is 1.62 bits per heavy atom. The molecule has 0 saturated heterocycles. The lowest BCUT2D eigenvalue weighted by Crippen LogP contribution is -1.90. The predicted molar refractivity (Wildman–Crippen MR) is 44.0 cm³/mol. The molecule has 0 fully saturated rings. The van der Waals surface area contributed by atoms with Crippen molar-refractivity contribution in [3.05, 3.63) is 12.7 Å². The van der Waals surface area contributed by atoms with E-state index in [1.54, 1.807) is 6.08 Å². The van der Waals surface area contributed by atoms with Gasteiger partial charge in [-0.2, -0.15) is 0 Å². The summed E-state index contributed by atoms with van der Waals surface area (Å²) in [4.78, 5) is 0. The van der Waals surface area contributed by atoms with Gasteiger partial charge in [-0.25, -0.2) is 0 Å². The monoisotopic (exact) mass is 131 g/mol. The van der Waals surface area contributed by atoms with E-state index in [4.69, 9.17) is 5.73 Å². The number of hydrogen-bond acceptors (Lipinski definition) is 1. The summed E-state index contributed by atoms with van der Waals surface area (Å²) >= 11 is 0. The van der Waals surface area contributed by atoms with Crippen LogP contribution in [0.4, 0.5) is 0 Å². The van der Waals surface area contributed by atoms with Gasteiger partial charge in [0.25, 0.3) is 0 Å². The average Bonchev–Trinajstić information content (AvgIpc) is 1.65. The molecule has 0 bridgehead atoms. The SMILES string of the molecule is C=CCN.C[SiH](C)C. The molecule has 0 aliphatic heterocycles. The van der Waals surface area contributed by atoms with Gasteiger partial charge in [-0.15, -0.1) is 6.58 Å². The summed E-state index contributed by atoms with van der Waals surface area (Å²) in [7, 11) is -0.139. The van der Waals surface area contributed by atoms with Gasteiger partial charge in [-0.1, -0.05) is 25.7 Å². The van der Waals surface area contributed by atoms with E-state index < -0.39 is 0 Å². The molecule has 50 valence electrons. The molecule has 0 spiro atoms. The van der Waals surface area contributed by atoms with E-state index in [2.05, 4.69) is 26.2 Å². The van der Waals surface area contributed by atoms with Crippen LogP contribution in [0.25, 0.3) is 0 Å². The van der Waals surface area contributed by atoms with Gasteiger partial charge in [0.15, 0.2) is 0 Å². The first-order chi connectivity index (χ1) is 3.65. The molecule has 0 aliphatic rings. The zero-order valence-corrected chi connectivity index (χ0v) is 7.30. The molecule has 0 heterocycles. The standard InChI is InChI=1S/C3H7N.C3H10Si/c1-2-3-4;1-4(2)3/h2H,1,3-4H2;4H,1-3H3. The minimum Gasteiger partial charge on any atom is -0.327 e. The van der Waals surface area contributed by atoms with E-state index in [1.807, 2.05) is 0 Å². The molecule has 2 heteroatoms. The van der Waals surface area contributed by atoms with E-state index in [9.17, 15) is 0 Å². The van der Waals surface area contributed by atoms with Gasteiger partial charge in [0.05, 0.1) is 0 Å². The summed E-state index contributed by atoms with van der Waals surface area (Å²) in [5.74, 6) is 0. The second kappa shape index (κ2) is 10.0. The quantitative estimate of drug-likeness (QED) is 0.420. The van der Waals surface area contributed by atoms with Crippen molar-refractivity contribution < 1.29 is 0 Å². The van der Waals surface area contributed by atoms with Gasteiger partial charge < -0.3 is 5.73 Å². The highest BCUT2D eigenvalue weighted by Gasteiger charge is 1.71. The minimum atomic E-state index is -0.139. The summed E-state index contributed by atoms with van der Waals surface area (Å²) in [6.07, 6.45) is 1.65. The highest BCUT2D eigenvalue weighted by atomic mass is 28.3.